The maximum atomic E-state index is 9.50. The summed E-state index contributed by atoms with van der Waals surface area (Å²) < 4.78 is 0. The fraction of sp³-hybridized carbons (Fsp3) is 0.786. The first-order chi connectivity index (χ1) is 14.7. The van der Waals surface area contributed by atoms with Crippen molar-refractivity contribution < 1.29 is 10.2 Å². The van der Waals surface area contributed by atoms with Crippen molar-refractivity contribution in [2.75, 3.05) is 0 Å². The second kappa shape index (κ2) is 19.8. The summed E-state index contributed by atoms with van der Waals surface area (Å²) in [6, 6.07) is 4.91. The summed E-state index contributed by atoms with van der Waals surface area (Å²) in [5, 5.41) is 19.0. The highest BCUT2D eigenvalue weighted by Crippen LogP contribution is 2.22. The molecule has 1 rings (SSSR count). The molecular formula is C28H50O2. The molecule has 1 aromatic rings. The van der Waals surface area contributed by atoms with Crippen molar-refractivity contribution in [1.82, 2.24) is 0 Å². The molecule has 0 unspecified atom stereocenters. The van der Waals surface area contributed by atoms with E-state index in [4.69, 9.17) is 0 Å². The van der Waals surface area contributed by atoms with Crippen LogP contribution in [0.25, 0.3) is 0 Å². The monoisotopic (exact) mass is 418 g/mol. The second-order valence-electron chi connectivity index (χ2n) is 9.33. The van der Waals surface area contributed by atoms with E-state index >= 15 is 0 Å². The van der Waals surface area contributed by atoms with Gasteiger partial charge in [-0.05, 0) is 30.5 Å². The minimum absolute atomic E-state index is 0.165. The lowest BCUT2D eigenvalue weighted by atomic mass is 10.0. The molecule has 0 bridgehead atoms. The van der Waals surface area contributed by atoms with Gasteiger partial charge >= 0.3 is 0 Å². The zero-order valence-corrected chi connectivity index (χ0v) is 20.0. The summed E-state index contributed by atoms with van der Waals surface area (Å²) >= 11 is 0. The van der Waals surface area contributed by atoms with Crippen LogP contribution < -0.4 is 0 Å². The molecule has 0 aromatic heterocycles. The first kappa shape index (κ1) is 26.9. The third-order valence-corrected chi connectivity index (χ3v) is 6.28. The van der Waals surface area contributed by atoms with Gasteiger partial charge in [-0.25, -0.2) is 0 Å². The molecule has 0 aliphatic rings. The third kappa shape index (κ3) is 16.6. The smallest absolute Gasteiger partial charge is 0.119 e. The third-order valence-electron chi connectivity index (χ3n) is 6.28. The molecule has 0 fully saturated rings. The first-order valence-electron chi connectivity index (χ1n) is 13.2. The van der Waals surface area contributed by atoms with E-state index in [1.54, 1.807) is 12.1 Å². The highest BCUT2D eigenvalue weighted by molar-refractivity contribution is 5.36. The van der Waals surface area contributed by atoms with E-state index in [0.29, 0.717) is 0 Å². The van der Waals surface area contributed by atoms with Gasteiger partial charge in [-0.3, -0.25) is 0 Å². The van der Waals surface area contributed by atoms with Crippen LogP contribution in [0.15, 0.2) is 18.2 Å². The van der Waals surface area contributed by atoms with E-state index in [1.165, 1.54) is 128 Å². The Hall–Kier alpha value is -1.18. The largest absolute Gasteiger partial charge is 0.508 e. The Bertz CT molecular complexity index is 477. The van der Waals surface area contributed by atoms with Crippen molar-refractivity contribution in [3.05, 3.63) is 23.8 Å². The number of phenols is 2. The summed E-state index contributed by atoms with van der Waals surface area (Å²) in [4.78, 5) is 0. The average molecular weight is 419 g/mol. The fourth-order valence-corrected chi connectivity index (χ4v) is 4.39. The maximum Gasteiger partial charge on any atom is 0.119 e. The fourth-order valence-electron chi connectivity index (χ4n) is 4.39. The number of unbranched alkanes of at least 4 members (excludes halogenated alkanes) is 19. The molecule has 30 heavy (non-hydrogen) atoms. The summed E-state index contributed by atoms with van der Waals surface area (Å²) in [5.74, 6) is 0.330. The van der Waals surface area contributed by atoms with Gasteiger partial charge in [0.2, 0.25) is 0 Å². The van der Waals surface area contributed by atoms with Crippen LogP contribution >= 0.6 is 0 Å². The van der Waals surface area contributed by atoms with Crippen LogP contribution in [0, 0.1) is 0 Å². The molecule has 2 nitrogen and oxygen atoms in total. The zero-order valence-electron chi connectivity index (χ0n) is 20.0. The maximum absolute atomic E-state index is 9.50. The zero-order chi connectivity index (χ0) is 21.7. The number of phenolic OH excluding ortho intramolecular Hbond substituents is 2. The van der Waals surface area contributed by atoms with Gasteiger partial charge in [-0.1, -0.05) is 129 Å². The molecule has 0 radical (unpaired) electrons. The van der Waals surface area contributed by atoms with Crippen LogP contribution in [0.3, 0.4) is 0 Å². The lowest BCUT2D eigenvalue weighted by Gasteiger charge is -2.05. The van der Waals surface area contributed by atoms with Gasteiger partial charge in [-0.15, -0.1) is 0 Å². The Morgan fingerprint density at radius 3 is 1.07 bits per heavy atom. The Kier molecular flexibility index (Phi) is 17.7. The van der Waals surface area contributed by atoms with Gasteiger partial charge < -0.3 is 10.2 Å². The van der Waals surface area contributed by atoms with Crippen molar-refractivity contribution in [2.45, 2.75) is 142 Å². The number of hydrogen-bond acceptors (Lipinski definition) is 2. The van der Waals surface area contributed by atoms with Crippen molar-refractivity contribution in [2.24, 2.45) is 0 Å². The number of aromatic hydroxyl groups is 2. The Balaban J connectivity index is 1.74. The van der Waals surface area contributed by atoms with Crippen molar-refractivity contribution in [3.63, 3.8) is 0 Å². The molecule has 0 saturated heterocycles. The van der Waals surface area contributed by atoms with Crippen LogP contribution in [-0.4, -0.2) is 10.2 Å². The van der Waals surface area contributed by atoms with Crippen LogP contribution in [0.2, 0.25) is 0 Å². The SMILES string of the molecule is CCCCCCCCCCCCCCCCCCCCCCc1cc(O)cc(O)c1. The quantitative estimate of drug-likeness (QED) is 0.195. The topological polar surface area (TPSA) is 40.5 Å². The molecule has 2 heteroatoms. The van der Waals surface area contributed by atoms with E-state index in [2.05, 4.69) is 6.92 Å². The highest BCUT2D eigenvalue weighted by atomic mass is 16.3. The number of aryl methyl sites for hydroxylation is 1. The van der Waals surface area contributed by atoms with Gasteiger partial charge in [0.15, 0.2) is 0 Å². The lowest BCUT2D eigenvalue weighted by molar-refractivity contribution is 0.449. The van der Waals surface area contributed by atoms with Crippen LogP contribution in [0.1, 0.15) is 141 Å². The van der Waals surface area contributed by atoms with Gasteiger partial charge in [-0.2, -0.15) is 0 Å². The summed E-state index contributed by atoms with van der Waals surface area (Å²) in [7, 11) is 0. The first-order valence-corrected chi connectivity index (χ1v) is 13.2. The van der Waals surface area contributed by atoms with Gasteiger partial charge in [0.05, 0.1) is 0 Å². The molecule has 0 atom stereocenters. The second-order valence-corrected chi connectivity index (χ2v) is 9.33. The van der Waals surface area contributed by atoms with Crippen LogP contribution in [0.5, 0.6) is 11.5 Å². The lowest BCUT2D eigenvalue weighted by Crippen LogP contribution is -1.87. The minimum atomic E-state index is 0.165. The Labute approximate surface area is 187 Å². The molecule has 0 aliphatic heterocycles. The van der Waals surface area contributed by atoms with Crippen molar-refractivity contribution in [1.29, 1.82) is 0 Å². The van der Waals surface area contributed by atoms with E-state index in [9.17, 15) is 10.2 Å². The van der Waals surface area contributed by atoms with Gasteiger partial charge in [0, 0.05) is 6.07 Å². The molecule has 0 aliphatic carbocycles. The van der Waals surface area contributed by atoms with E-state index in [1.807, 2.05) is 0 Å². The molecule has 0 spiro atoms. The molecular weight excluding hydrogens is 368 g/mol. The summed E-state index contributed by atoms with van der Waals surface area (Å²) in [5.41, 5.74) is 1.04. The molecule has 174 valence electrons. The summed E-state index contributed by atoms with van der Waals surface area (Å²) in [6.07, 6.45) is 28.9. The standard InChI is InChI=1S/C28H50O2/c1-2-3-4-5-6-7-8-9-10-11-12-13-14-15-16-17-18-19-20-21-22-26-23-27(29)25-28(30)24-26/h23-25,29-30H,2-22H2,1H3. The van der Waals surface area contributed by atoms with Crippen molar-refractivity contribution in [3.8, 4) is 11.5 Å². The number of benzene rings is 1. The number of rotatable bonds is 21. The van der Waals surface area contributed by atoms with E-state index in [-0.39, 0.29) is 11.5 Å². The van der Waals surface area contributed by atoms with E-state index < -0.39 is 0 Å². The Morgan fingerprint density at radius 1 is 0.433 bits per heavy atom. The molecule has 0 amide bonds. The predicted octanol–water partition coefficient (Wildman–Crippen LogP) is 9.46. The normalized spacial score (nSPS) is 11.2. The Morgan fingerprint density at radius 2 is 0.733 bits per heavy atom. The van der Waals surface area contributed by atoms with Gasteiger partial charge in [0.1, 0.15) is 11.5 Å². The van der Waals surface area contributed by atoms with Gasteiger partial charge in [0.25, 0.3) is 0 Å². The van der Waals surface area contributed by atoms with Crippen molar-refractivity contribution >= 4 is 0 Å². The highest BCUT2D eigenvalue weighted by Gasteiger charge is 2.00. The van der Waals surface area contributed by atoms with Crippen LogP contribution in [0.4, 0.5) is 0 Å². The summed E-state index contributed by atoms with van der Waals surface area (Å²) in [6.45, 7) is 2.29. The predicted molar refractivity (Wildman–Crippen MR) is 131 cm³/mol. The van der Waals surface area contributed by atoms with E-state index in [0.717, 1.165) is 18.4 Å². The molecule has 0 saturated carbocycles. The molecule has 0 heterocycles. The minimum Gasteiger partial charge on any atom is -0.508 e. The molecule has 2 N–H and O–H groups in total. The molecule has 1 aromatic carbocycles. The number of hydrogen-bond donors (Lipinski definition) is 2. The van der Waals surface area contributed by atoms with Crippen LogP contribution in [-0.2, 0) is 6.42 Å². The average Bonchev–Trinajstić information content (AvgIpc) is 2.71.